The fourth-order valence-electron chi connectivity index (χ4n) is 3.31. The molecule has 1 aromatic carbocycles. The summed E-state index contributed by atoms with van der Waals surface area (Å²) in [6, 6.07) is 5.65. The summed E-state index contributed by atoms with van der Waals surface area (Å²) in [5.41, 5.74) is 2.18. The minimum atomic E-state index is -0.0473. The molecule has 1 atom stereocenters. The Kier molecular flexibility index (Phi) is 5.71. The summed E-state index contributed by atoms with van der Waals surface area (Å²) in [6.07, 6.45) is 3.36. The first kappa shape index (κ1) is 18.6. The molecule has 0 spiro atoms. The molecule has 2 aromatic rings. The van der Waals surface area contributed by atoms with E-state index >= 15 is 0 Å². The van der Waals surface area contributed by atoms with Gasteiger partial charge in [-0.25, -0.2) is 0 Å². The Morgan fingerprint density at radius 2 is 1.81 bits per heavy atom. The van der Waals surface area contributed by atoms with Gasteiger partial charge in [0.25, 0.3) is 5.91 Å². The summed E-state index contributed by atoms with van der Waals surface area (Å²) in [7, 11) is 4.77. The molecule has 5 nitrogen and oxygen atoms in total. The predicted octanol–water partition coefficient (Wildman–Crippen LogP) is 3.83. The van der Waals surface area contributed by atoms with E-state index in [1.54, 1.807) is 38.7 Å². The van der Waals surface area contributed by atoms with Gasteiger partial charge in [0.2, 0.25) is 0 Å². The fraction of sp³-hybridized carbons (Fsp3) is 0.450. The van der Waals surface area contributed by atoms with Gasteiger partial charge in [0.1, 0.15) is 5.75 Å². The van der Waals surface area contributed by atoms with E-state index in [2.05, 4.69) is 18.3 Å². The monoisotopic (exact) mass is 375 g/mol. The van der Waals surface area contributed by atoms with E-state index in [1.807, 2.05) is 6.07 Å². The molecule has 1 N–H and O–H groups in total. The second-order valence-corrected chi connectivity index (χ2v) is 7.75. The van der Waals surface area contributed by atoms with E-state index in [0.717, 1.165) is 23.3 Å². The topological polar surface area (TPSA) is 56.8 Å². The van der Waals surface area contributed by atoms with Crippen molar-refractivity contribution < 1.29 is 19.0 Å². The van der Waals surface area contributed by atoms with Gasteiger partial charge in [-0.1, -0.05) is 6.92 Å². The Morgan fingerprint density at radius 3 is 2.50 bits per heavy atom. The van der Waals surface area contributed by atoms with Crippen LogP contribution in [0.1, 0.15) is 39.0 Å². The molecule has 1 aromatic heterocycles. The summed E-state index contributed by atoms with van der Waals surface area (Å²) in [6.45, 7) is 2.63. The molecule has 140 valence electrons. The number of benzene rings is 1. The van der Waals surface area contributed by atoms with Crippen LogP contribution in [0.25, 0.3) is 0 Å². The molecular formula is C20H25NO4S. The average molecular weight is 375 g/mol. The summed E-state index contributed by atoms with van der Waals surface area (Å²) >= 11 is 1.62. The van der Waals surface area contributed by atoms with Crippen LogP contribution in [-0.4, -0.2) is 27.2 Å². The lowest BCUT2D eigenvalue weighted by atomic mass is 9.90. The molecule has 1 amide bonds. The predicted molar refractivity (Wildman–Crippen MR) is 103 cm³/mol. The molecule has 1 aliphatic carbocycles. The van der Waals surface area contributed by atoms with Gasteiger partial charge in [-0.15, -0.1) is 11.3 Å². The highest BCUT2D eigenvalue weighted by Gasteiger charge is 2.21. The van der Waals surface area contributed by atoms with E-state index in [0.29, 0.717) is 29.7 Å². The third-order valence-electron chi connectivity index (χ3n) is 4.78. The Hall–Kier alpha value is -2.21. The van der Waals surface area contributed by atoms with Crippen molar-refractivity contribution in [3.05, 3.63) is 39.1 Å². The molecule has 3 rings (SSSR count). The highest BCUT2D eigenvalue weighted by atomic mass is 32.1. The standard InChI is InChI=1S/C20H25NO4S/c1-12-5-6-18-13(7-12)9-19(26-18)20(22)21-11-14-8-16(24-3)17(25-4)10-15(14)23-2/h8-10,12H,5-7,11H2,1-4H3,(H,21,22)/t12-/m1/s1. The van der Waals surface area contributed by atoms with Crippen molar-refractivity contribution in [1.29, 1.82) is 0 Å². The van der Waals surface area contributed by atoms with Crippen LogP contribution in [0.3, 0.4) is 0 Å². The lowest BCUT2D eigenvalue weighted by Crippen LogP contribution is -2.22. The summed E-state index contributed by atoms with van der Waals surface area (Å²) in [4.78, 5) is 14.7. The number of fused-ring (bicyclic) bond motifs is 1. The Bertz CT molecular complexity index is 799. The number of rotatable bonds is 6. The zero-order chi connectivity index (χ0) is 18.7. The number of amides is 1. The summed E-state index contributed by atoms with van der Waals surface area (Å²) in [5.74, 6) is 2.51. The van der Waals surface area contributed by atoms with Crippen LogP contribution in [0.15, 0.2) is 18.2 Å². The average Bonchev–Trinajstić information content (AvgIpc) is 3.08. The lowest BCUT2D eigenvalue weighted by Gasteiger charge is -2.16. The van der Waals surface area contributed by atoms with Crippen LogP contribution in [0, 0.1) is 5.92 Å². The van der Waals surface area contributed by atoms with Crippen LogP contribution >= 0.6 is 11.3 Å². The number of nitrogens with one attached hydrogen (secondary N) is 1. The number of carbonyl (C=O) groups excluding carboxylic acids is 1. The summed E-state index contributed by atoms with van der Waals surface area (Å²) in [5, 5.41) is 2.99. The third kappa shape index (κ3) is 3.80. The molecule has 0 unspecified atom stereocenters. The first-order chi connectivity index (χ1) is 12.5. The van der Waals surface area contributed by atoms with Gasteiger partial charge in [0, 0.05) is 23.1 Å². The van der Waals surface area contributed by atoms with Crippen molar-refractivity contribution in [2.75, 3.05) is 21.3 Å². The first-order valence-electron chi connectivity index (χ1n) is 8.74. The number of hydrogen-bond donors (Lipinski definition) is 1. The Morgan fingerprint density at radius 1 is 1.12 bits per heavy atom. The minimum Gasteiger partial charge on any atom is -0.496 e. The van der Waals surface area contributed by atoms with Gasteiger partial charge in [-0.3, -0.25) is 4.79 Å². The van der Waals surface area contributed by atoms with Gasteiger partial charge >= 0.3 is 0 Å². The maximum Gasteiger partial charge on any atom is 0.261 e. The molecule has 26 heavy (non-hydrogen) atoms. The van der Waals surface area contributed by atoms with Gasteiger partial charge in [-0.05, 0) is 42.9 Å². The van der Waals surface area contributed by atoms with E-state index in [4.69, 9.17) is 14.2 Å². The normalized spacial score (nSPS) is 15.9. The van der Waals surface area contributed by atoms with Crippen LogP contribution in [0.2, 0.25) is 0 Å². The largest absolute Gasteiger partial charge is 0.496 e. The summed E-state index contributed by atoms with van der Waals surface area (Å²) < 4.78 is 16.1. The van der Waals surface area contributed by atoms with Crippen molar-refractivity contribution in [3.63, 3.8) is 0 Å². The SMILES string of the molecule is COc1cc(OC)c(OC)cc1CNC(=O)c1cc2c(s1)CC[C@@H](C)C2. The highest BCUT2D eigenvalue weighted by Crippen LogP contribution is 2.35. The zero-order valence-electron chi connectivity index (χ0n) is 15.7. The minimum absolute atomic E-state index is 0.0473. The number of ether oxygens (including phenoxy) is 3. The van der Waals surface area contributed by atoms with E-state index in [1.165, 1.54) is 16.9 Å². The number of aryl methyl sites for hydroxylation is 1. The molecule has 1 aliphatic rings. The van der Waals surface area contributed by atoms with E-state index in [9.17, 15) is 4.79 Å². The van der Waals surface area contributed by atoms with Crippen LogP contribution in [0.4, 0.5) is 0 Å². The zero-order valence-corrected chi connectivity index (χ0v) is 16.5. The number of methoxy groups -OCH3 is 3. The third-order valence-corrected chi connectivity index (χ3v) is 6.01. The maximum atomic E-state index is 12.6. The lowest BCUT2D eigenvalue weighted by molar-refractivity contribution is 0.0954. The van der Waals surface area contributed by atoms with Crippen molar-refractivity contribution in [3.8, 4) is 17.2 Å². The van der Waals surface area contributed by atoms with Crippen molar-refractivity contribution >= 4 is 17.2 Å². The fourth-order valence-corrected chi connectivity index (χ4v) is 4.44. The number of carbonyl (C=O) groups is 1. The Labute approximate surface area is 158 Å². The van der Waals surface area contributed by atoms with Crippen molar-refractivity contribution in [1.82, 2.24) is 5.32 Å². The number of hydrogen-bond acceptors (Lipinski definition) is 5. The smallest absolute Gasteiger partial charge is 0.261 e. The van der Waals surface area contributed by atoms with Crippen molar-refractivity contribution in [2.24, 2.45) is 5.92 Å². The molecule has 0 bridgehead atoms. The van der Waals surface area contributed by atoms with Gasteiger partial charge in [-0.2, -0.15) is 0 Å². The van der Waals surface area contributed by atoms with Crippen molar-refractivity contribution in [2.45, 2.75) is 32.7 Å². The molecule has 0 saturated heterocycles. The molecule has 6 heteroatoms. The van der Waals surface area contributed by atoms with E-state index < -0.39 is 0 Å². The van der Waals surface area contributed by atoms with Gasteiger partial charge in [0.05, 0.1) is 26.2 Å². The highest BCUT2D eigenvalue weighted by molar-refractivity contribution is 7.14. The van der Waals surface area contributed by atoms with Crippen LogP contribution in [0.5, 0.6) is 17.2 Å². The van der Waals surface area contributed by atoms with E-state index in [-0.39, 0.29) is 5.91 Å². The Balaban J connectivity index is 1.73. The second kappa shape index (κ2) is 7.99. The first-order valence-corrected chi connectivity index (χ1v) is 9.56. The van der Waals surface area contributed by atoms with Crippen LogP contribution < -0.4 is 19.5 Å². The van der Waals surface area contributed by atoms with Gasteiger partial charge in [0.15, 0.2) is 11.5 Å². The molecule has 0 fully saturated rings. The van der Waals surface area contributed by atoms with Gasteiger partial charge < -0.3 is 19.5 Å². The maximum absolute atomic E-state index is 12.6. The molecule has 1 heterocycles. The second-order valence-electron chi connectivity index (χ2n) is 6.61. The molecule has 0 radical (unpaired) electrons. The quantitative estimate of drug-likeness (QED) is 0.834. The molecule has 0 aliphatic heterocycles. The van der Waals surface area contributed by atoms with Crippen LogP contribution in [-0.2, 0) is 19.4 Å². The number of thiophene rings is 1. The molecule has 0 saturated carbocycles. The molecular weight excluding hydrogens is 350 g/mol.